The van der Waals surface area contributed by atoms with Crippen LogP contribution in [0.3, 0.4) is 0 Å². The second-order valence-corrected chi connectivity index (χ2v) is 4.79. The van der Waals surface area contributed by atoms with Crippen LogP contribution in [0.1, 0.15) is 27.4 Å². The Morgan fingerprint density at radius 3 is 2.81 bits per heavy atom. The lowest BCUT2D eigenvalue weighted by molar-refractivity contribution is 0.0661. The molecule has 2 N–H and O–H groups in total. The molecule has 0 unspecified atom stereocenters. The van der Waals surface area contributed by atoms with Crippen molar-refractivity contribution >= 4 is 5.97 Å². The van der Waals surface area contributed by atoms with Gasteiger partial charge in [-0.25, -0.2) is 4.79 Å². The van der Waals surface area contributed by atoms with Crippen molar-refractivity contribution in [2.24, 2.45) is 0 Å². The lowest BCUT2D eigenvalue weighted by atomic mass is 10.2. The van der Waals surface area contributed by atoms with Crippen LogP contribution in [-0.2, 0) is 13.1 Å². The van der Waals surface area contributed by atoms with Gasteiger partial charge < -0.3 is 24.3 Å². The van der Waals surface area contributed by atoms with Gasteiger partial charge in [0.1, 0.15) is 5.76 Å². The molecule has 0 spiro atoms. The number of furan rings is 1. The van der Waals surface area contributed by atoms with E-state index in [1.807, 2.05) is 18.2 Å². The van der Waals surface area contributed by atoms with Crippen LogP contribution in [0.2, 0.25) is 0 Å². The Morgan fingerprint density at radius 1 is 1.24 bits per heavy atom. The summed E-state index contributed by atoms with van der Waals surface area (Å²) in [5.41, 5.74) is 1.91. The van der Waals surface area contributed by atoms with Crippen LogP contribution in [-0.4, -0.2) is 17.9 Å². The van der Waals surface area contributed by atoms with Gasteiger partial charge in [0.05, 0.1) is 0 Å². The molecule has 1 aromatic carbocycles. The zero-order valence-corrected chi connectivity index (χ0v) is 11.5. The Morgan fingerprint density at radius 2 is 2.05 bits per heavy atom. The highest BCUT2D eigenvalue weighted by Gasteiger charge is 2.14. The number of nitrogens with one attached hydrogen (secondary N) is 1. The molecule has 2 aromatic rings. The van der Waals surface area contributed by atoms with Gasteiger partial charge in [-0.05, 0) is 30.7 Å². The molecular weight excluding hydrogens is 274 g/mol. The molecule has 0 saturated heterocycles. The topological polar surface area (TPSA) is 80.9 Å². The van der Waals surface area contributed by atoms with Crippen LogP contribution in [0.4, 0.5) is 0 Å². The van der Waals surface area contributed by atoms with Gasteiger partial charge in [0.15, 0.2) is 11.5 Å². The predicted molar refractivity (Wildman–Crippen MR) is 73.5 cm³/mol. The highest BCUT2D eigenvalue weighted by Crippen LogP contribution is 2.32. The number of rotatable bonds is 5. The quantitative estimate of drug-likeness (QED) is 0.879. The standard InChI is InChI=1S/C15H15NO5/c1-9-11(5-14(21-9)15(17)18)7-16-6-10-2-3-12-13(4-10)20-8-19-12/h2-5,16H,6-8H2,1H3,(H,17,18). The normalized spacial score (nSPS) is 12.6. The summed E-state index contributed by atoms with van der Waals surface area (Å²) in [6, 6.07) is 7.32. The van der Waals surface area contributed by atoms with Gasteiger partial charge in [0.2, 0.25) is 12.6 Å². The van der Waals surface area contributed by atoms with E-state index in [-0.39, 0.29) is 12.6 Å². The average Bonchev–Trinajstić information content (AvgIpc) is 3.05. The van der Waals surface area contributed by atoms with Gasteiger partial charge >= 0.3 is 5.97 Å². The van der Waals surface area contributed by atoms with E-state index in [1.165, 1.54) is 0 Å². The largest absolute Gasteiger partial charge is 0.475 e. The molecule has 0 atom stereocenters. The van der Waals surface area contributed by atoms with Gasteiger partial charge in [0, 0.05) is 18.7 Å². The van der Waals surface area contributed by atoms with Crippen molar-refractivity contribution in [1.29, 1.82) is 0 Å². The second kappa shape index (κ2) is 5.49. The first-order valence-corrected chi connectivity index (χ1v) is 6.55. The van der Waals surface area contributed by atoms with E-state index in [4.69, 9.17) is 19.0 Å². The molecule has 0 aliphatic carbocycles. The lowest BCUT2D eigenvalue weighted by Crippen LogP contribution is -2.12. The molecule has 1 aromatic heterocycles. The van der Waals surface area contributed by atoms with E-state index in [0.717, 1.165) is 22.6 Å². The minimum atomic E-state index is -1.06. The number of aryl methyl sites for hydroxylation is 1. The molecule has 0 saturated carbocycles. The Kier molecular flexibility index (Phi) is 3.53. The third-order valence-electron chi connectivity index (χ3n) is 3.31. The second-order valence-electron chi connectivity index (χ2n) is 4.79. The van der Waals surface area contributed by atoms with Crippen molar-refractivity contribution in [1.82, 2.24) is 5.32 Å². The molecular formula is C15H15NO5. The first kappa shape index (κ1) is 13.5. The summed E-state index contributed by atoms with van der Waals surface area (Å²) in [5.74, 6) is 1.04. The summed E-state index contributed by atoms with van der Waals surface area (Å²) in [6.07, 6.45) is 0. The van der Waals surface area contributed by atoms with E-state index < -0.39 is 5.97 Å². The van der Waals surface area contributed by atoms with Crippen molar-refractivity contribution in [3.05, 3.63) is 46.9 Å². The third-order valence-corrected chi connectivity index (χ3v) is 3.31. The molecule has 0 radical (unpaired) electrons. The Hall–Kier alpha value is -2.47. The molecule has 0 fully saturated rings. The fourth-order valence-corrected chi connectivity index (χ4v) is 2.19. The number of benzene rings is 1. The van der Waals surface area contributed by atoms with E-state index >= 15 is 0 Å². The van der Waals surface area contributed by atoms with Crippen LogP contribution in [0, 0.1) is 6.92 Å². The fourth-order valence-electron chi connectivity index (χ4n) is 2.19. The van der Waals surface area contributed by atoms with Crippen LogP contribution in [0.5, 0.6) is 11.5 Å². The highest BCUT2D eigenvalue weighted by molar-refractivity contribution is 5.84. The molecule has 0 amide bonds. The molecule has 21 heavy (non-hydrogen) atoms. The molecule has 6 nitrogen and oxygen atoms in total. The number of aromatic carboxylic acids is 1. The smallest absolute Gasteiger partial charge is 0.371 e. The lowest BCUT2D eigenvalue weighted by Gasteiger charge is -2.05. The number of fused-ring (bicyclic) bond motifs is 1. The summed E-state index contributed by atoms with van der Waals surface area (Å²) in [5, 5.41) is 12.1. The van der Waals surface area contributed by atoms with Gasteiger partial charge in [-0.3, -0.25) is 0 Å². The predicted octanol–water partition coefficient (Wildman–Crippen LogP) is 2.30. The van der Waals surface area contributed by atoms with Gasteiger partial charge in [0.25, 0.3) is 0 Å². The zero-order chi connectivity index (χ0) is 14.8. The summed E-state index contributed by atoms with van der Waals surface area (Å²) in [4.78, 5) is 10.8. The van der Waals surface area contributed by atoms with Crippen molar-refractivity contribution in [3.8, 4) is 11.5 Å². The number of hydrogen-bond donors (Lipinski definition) is 2. The maximum Gasteiger partial charge on any atom is 0.371 e. The molecule has 2 heterocycles. The minimum absolute atomic E-state index is 0.0348. The maximum absolute atomic E-state index is 10.8. The zero-order valence-electron chi connectivity index (χ0n) is 11.5. The highest BCUT2D eigenvalue weighted by atomic mass is 16.7. The van der Waals surface area contributed by atoms with Crippen molar-refractivity contribution in [2.75, 3.05) is 6.79 Å². The van der Waals surface area contributed by atoms with Crippen LogP contribution >= 0.6 is 0 Å². The van der Waals surface area contributed by atoms with E-state index in [0.29, 0.717) is 18.8 Å². The maximum atomic E-state index is 10.8. The fraction of sp³-hybridized carbons (Fsp3) is 0.267. The van der Waals surface area contributed by atoms with Gasteiger partial charge in [-0.2, -0.15) is 0 Å². The van der Waals surface area contributed by atoms with E-state index in [9.17, 15) is 4.79 Å². The van der Waals surface area contributed by atoms with Crippen LogP contribution < -0.4 is 14.8 Å². The van der Waals surface area contributed by atoms with Crippen molar-refractivity contribution in [2.45, 2.75) is 20.0 Å². The summed E-state index contributed by atoms with van der Waals surface area (Å²) >= 11 is 0. The summed E-state index contributed by atoms with van der Waals surface area (Å²) < 4.78 is 15.7. The summed E-state index contributed by atoms with van der Waals surface area (Å²) in [7, 11) is 0. The monoisotopic (exact) mass is 289 g/mol. The molecule has 0 bridgehead atoms. The first-order chi connectivity index (χ1) is 10.1. The number of hydrogen-bond acceptors (Lipinski definition) is 5. The van der Waals surface area contributed by atoms with Crippen LogP contribution in [0.25, 0.3) is 0 Å². The molecule has 1 aliphatic heterocycles. The molecule has 3 rings (SSSR count). The number of carbonyl (C=O) groups is 1. The third kappa shape index (κ3) is 2.85. The number of carboxylic acid groups (broad SMARTS) is 1. The molecule has 1 aliphatic rings. The van der Waals surface area contributed by atoms with Crippen molar-refractivity contribution < 1.29 is 23.8 Å². The Labute approximate surface area is 121 Å². The SMILES string of the molecule is Cc1oc(C(=O)O)cc1CNCc1ccc2c(c1)OCO2. The summed E-state index contributed by atoms with van der Waals surface area (Å²) in [6.45, 7) is 3.20. The first-order valence-electron chi connectivity index (χ1n) is 6.55. The van der Waals surface area contributed by atoms with E-state index in [2.05, 4.69) is 5.32 Å². The Balaban J connectivity index is 1.60. The van der Waals surface area contributed by atoms with Crippen LogP contribution in [0.15, 0.2) is 28.7 Å². The minimum Gasteiger partial charge on any atom is -0.475 e. The average molecular weight is 289 g/mol. The van der Waals surface area contributed by atoms with Gasteiger partial charge in [-0.1, -0.05) is 6.07 Å². The number of ether oxygens (including phenoxy) is 2. The Bertz CT molecular complexity index is 677. The molecule has 110 valence electrons. The number of carboxylic acids is 1. The van der Waals surface area contributed by atoms with E-state index in [1.54, 1.807) is 13.0 Å². The van der Waals surface area contributed by atoms with Gasteiger partial charge in [-0.15, -0.1) is 0 Å². The van der Waals surface area contributed by atoms with Crippen molar-refractivity contribution in [3.63, 3.8) is 0 Å². The molecule has 6 heteroatoms.